The Morgan fingerprint density at radius 2 is 2.54 bits per heavy atom. The fraction of sp³-hybridized carbons (Fsp3) is 0.571. The number of nitrogens with zero attached hydrogens (tertiary/aromatic N) is 2. The minimum Gasteiger partial charge on any atom is -0.379 e. The highest BCUT2D eigenvalue weighted by Gasteiger charge is 2.12. The van der Waals surface area contributed by atoms with Crippen molar-refractivity contribution in [1.29, 1.82) is 0 Å². The molecule has 1 heterocycles. The van der Waals surface area contributed by atoms with E-state index in [0.29, 0.717) is 13.2 Å². The van der Waals surface area contributed by atoms with Crippen LogP contribution in [-0.2, 0) is 4.74 Å². The van der Waals surface area contributed by atoms with Crippen molar-refractivity contribution in [2.45, 2.75) is 12.5 Å². The van der Waals surface area contributed by atoms with Crippen LogP contribution in [-0.4, -0.2) is 30.4 Å². The summed E-state index contributed by atoms with van der Waals surface area (Å²) >= 11 is 0. The molecule has 0 spiro atoms. The molecule has 6 heteroatoms. The van der Waals surface area contributed by atoms with E-state index in [-0.39, 0.29) is 6.04 Å². The van der Waals surface area contributed by atoms with E-state index < -0.39 is 10.7 Å². The Kier molecular flexibility index (Phi) is 3.39. The highest BCUT2D eigenvalue weighted by molar-refractivity contribution is 5.71. The molecule has 1 saturated heterocycles. The molecule has 0 aromatic rings. The Morgan fingerprint density at radius 3 is 3.08 bits per heavy atom. The van der Waals surface area contributed by atoms with E-state index in [0.717, 1.165) is 6.42 Å². The second-order valence-corrected chi connectivity index (χ2v) is 2.66. The van der Waals surface area contributed by atoms with Gasteiger partial charge in [0.2, 0.25) is 0 Å². The second-order valence-electron chi connectivity index (χ2n) is 2.66. The van der Waals surface area contributed by atoms with Crippen LogP contribution in [0.5, 0.6) is 0 Å². The Morgan fingerprint density at radius 1 is 1.77 bits per heavy atom. The van der Waals surface area contributed by atoms with Crippen LogP contribution >= 0.6 is 0 Å². The number of allylic oxidation sites excluding steroid dienone is 1. The predicted octanol–water partition coefficient (Wildman–Crippen LogP) is -0.0771. The number of hydrogen-bond acceptors (Lipinski definition) is 5. The summed E-state index contributed by atoms with van der Waals surface area (Å²) in [5.74, 6) is -0.400. The maximum Gasteiger partial charge on any atom is 0.315 e. The predicted molar refractivity (Wildman–Crippen MR) is 47.0 cm³/mol. The molecule has 2 N–H and O–H groups in total. The molecular formula is C7H11N3O3. The van der Waals surface area contributed by atoms with E-state index in [2.05, 4.69) is 4.99 Å². The SMILES string of the molecule is N/C(=C\C=NC1CCOC1)[N+](=O)[O-]. The van der Waals surface area contributed by atoms with Crippen molar-refractivity contribution >= 4 is 6.21 Å². The largest absolute Gasteiger partial charge is 0.379 e. The molecule has 0 amide bonds. The molecule has 0 aromatic carbocycles. The third-order valence-electron chi connectivity index (χ3n) is 1.66. The second kappa shape index (κ2) is 4.56. The van der Waals surface area contributed by atoms with Crippen LogP contribution in [0.2, 0.25) is 0 Å². The molecule has 1 rings (SSSR count). The molecule has 6 nitrogen and oxygen atoms in total. The van der Waals surface area contributed by atoms with Crippen LogP contribution in [0.15, 0.2) is 16.9 Å². The first-order valence-electron chi connectivity index (χ1n) is 3.91. The lowest BCUT2D eigenvalue weighted by molar-refractivity contribution is -0.426. The standard InChI is InChI=1S/C7H11N3O3/c8-7(10(11)12)1-3-9-6-2-4-13-5-6/h1,3,6H,2,4-5,8H2/b7-1+,9-3?. The zero-order chi connectivity index (χ0) is 9.68. The van der Waals surface area contributed by atoms with E-state index in [1.807, 2.05) is 0 Å². The molecule has 1 fully saturated rings. The first-order valence-corrected chi connectivity index (χ1v) is 3.91. The third-order valence-corrected chi connectivity index (χ3v) is 1.66. The number of rotatable bonds is 3. The summed E-state index contributed by atoms with van der Waals surface area (Å²) in [5.41, 5.74) is 5.04. The topological polar surface area (TPSA) is 90.8 Å². The number of nitro groups is 1. The Labute approximate surface area is 75.2 Å². The lowest BCUT2D eigenvalue weighted by Gasteiger charge is -1.96. The van der Waals surface area contributed by atoms with Gasteiger partial charge in [-0.25, -0.2) is 0 Å². The van der Waals surface area contributed by atoms with Crippen molar-refractivity contribution in [3.05, 3.63) is 22.0 Å². The van der Waals surface area contributed by atoms with Crippen LogP contribution in [0.25, 0.3) is 0 Å². The summed E-state index contributed by atoms with van der Waals surface area (Å²) in [6, 6.07) is 0.121. The monoisotopic (exact) mass is 185 g/mol. The number of aliphatic imine (C=N–C) groups is 1. The summed E-state index contributed by atoms with van der Waals surface area (Å²) in [7, 11) is 0. The molecular weight excluding hydrogens is 174 g/mol. The summed E-state index contributed by atoms with van der Waals surface area (Å²) in [5, 5.41) is 10.1. The van der Waals surface area contributed by atoms with Gasteiger partial charge in [-0.05, 0) is 11.3 Å². The molecule has 0 saturated carbocycles. The van der Waals surface area contributed by atoms with Crippen LogP contribution in [0.4, 0.5) is 0 Å². The summed E-state index contributed by atoms with van der Waals surface area (Å²) in [6.45, 7) is 1.29. The van der Waals surface area contributed by atoms with Crippen molar-refractivity contribution in [3.63, 3.8) is 0 Å². The van der Waals surface area contributed by atoms with Crippen molar-refractivity contribution in [2.24, 2.45) is 10.7 Å². The summed E-state index contributed by atoms with van der Waals surface area (Å²) in [4.78, 5) is 13.4. The van der Waals surface area contributed by atoms with Gasteiger partial charge in [-0.2, -0.15) is 0 Å². The zero-order valence-electron chi connectivity index (χ0n) is 7.05. The average Bonchev–Trinajstić information content (AvgIpc) is 2.56. The Balaban J connectivity index is 2.39. The molecule has 1 unspecified atom stereocenters. The molecule has 0 aliphatic carbocycles. The molecule has 1 aliphatic rings. The van der Waals surface area contributed by atoms with Crippen LogP contribution in [0.3, 0.4) is 0 Å². The molecule has 13 heavy (non-hydrogen) atoms. The fourth-order valence-corrected chi connectivity index (χ4v) is 0.942. The van der Waals surface area contributed by atoms with Gasteiger partial charge in [-0.1, -0.05) is 0 Å². The van der Waals surface area contributed by atoms with Gasteiger partial charge in [0.25, 0.3) is 0 Å². The molecule has 1 atom stereocenters. The molecule has 1 aliphatic heterocycles. The Bertz CT molecular complexity index is 243. The van der Waals surface area contributed by atoms with Gasteiger partial charge in [-0.15, -0.1) is 0 Å². The van der Waals surface area contributed by atoms with Crippen LogP contribution in [0.1, 0.15) is 6.42 Å². The first kappa shape index (κ1) is 9.66. The van der Waals surface area contributed by atoms with E-state index in [1.165, 1.54) is 12.3 Å². The maximum absolute atomic E-state index is 10.1. The van der Waals surface area contributed by atoms with Crippen LogP contribution in [0, 0.1) is 10.1 Å². The zero-order valence-corrected chi connectivity index (χ0v) is 7.05. The number of ether oxygens (including phenoxy) is 1. The third kappa shape index (κ3) is 3.20. The highest BCUT2D eigenvalue weighted by Crippen LogP contribution is 2.06. The van der Waals surface area contributed by atoms with E-state index in [1.54, 1.807) is 0 Å². The van der Waals surface area contributed by atoms with Gasteiger partial charge in [0.15, 0.2) is 0 Å². The van der Waals surface area contributed by atoms with E-state index >= 15 is 0 Å². The van der Waals surface area contributed by atoms with Crippen molar-refractivity contribution in [3.8, 4) is 0 Å². The van der Waals surface area contributed by atoms with Gasteiger partial charge in [0.05, 0.1) is 12.6 Å². The lowest BCUT2D eigenvalue weighted by atomic mass is 10.3. The maximum atomic E-state index is 10.1. The molecule has 0 aromatic heterocycles. The van der Waals surface area contributed by atoms with Gasteiger partial charge in [0.1, 0.15) is 0 Å². The quantitative estimate of drug-likeness (QED) is 0.378. The summed E-state index contributed by atoms with van der Waals surface area (Å²) in [6.07, 6.45) is 3.40. The fourth-order valence-electron chi connectivity index (χ4n) is 0.942. The normalized spacial score (nSPS) is 24.0. The minimum atomic E-state index is -0.656. The number of nitrogens with two attached hydrogens (primary N) is 1. The minimum absolute atomic E-state index is 0.121. The molecule has 0 bridgehead atoms. The number of hydrogen-bond donors (Lipinski definition) is 1. The molecule has 0 radical (unpaired) electrons. The summed E-state index contributed by atoms with van der Waals surface area (Å²) < 4.78 is 5.06. The average molecular weight is 185 g/mol. The smallest absolute Gasteiger partial charge is 0.315 e. The van der Waals surface area contributed by atoms with Crippen molar-refractivity contribution in [2.75, 3.05) is 13.2 Å². The van der Waals surface area contributed by atoms with Gasteiger partial charge in [-0.3, -0.25) is 10.7 Å². The Hall–Kier alpha value is -1.43. The first-order chi connectivity index (χ1) is 6.20. The van der Waals surface area contributed by atoms with E-state index in [4.69, 9.17) is 10.5 Å². The van der Waals surface area contributed by atoms with Gasteiger partial charge >= 0.3 is 5.82 Å². The van der Waals surface area contributed by atoms with Gasteiger partial charge in [0, 0.05) is 18.9 Å². The van der Waals surface area contributed by atoms with Crippen molar-refractivity contribution in [1.82, 2.24) is 0 Å². The lowest BCUT2D eigenvalue weighted by Crippen LogP contribution is -2.09. The molecule has 72 valence electrons. The van der Waals surface area contributed by atoms with Gasteiger partial charge < -0.3 is 14.9 Å². The van der Waals surface area contributed by atoms with Crippen molar-refractivity contribution < 1.29 is 9.66 Å². The van der Waals surface area contributed by atoms with Crippen LogP contribution < -0.4 is 5.73 Å². The van der Waals surface area contributed by atoms with E-state index in [9.17, 15) is 10.1 Å². The highest BCUT2D eigenvalue weighted by atomic mass is 16.6.